The number of likely N-dealkylation sites (tertiary alicyclic amines) is 1. The van der Waals surface area contributed by atoms with Gasteiger partial charge in [-0.1, -0.05) is 6.07 Å². The quantitative estimate of drug-likeness (QED) is 0.685. The van der Waals surface area contributed by atoms with Crippen LogP contribution in [0.25, 0.3) is 11.1 Å². The molecule has 3 aromatic rings. The van der Waals surface area contributed by atoms with Crippen molar-refractivity contribution in [2.75, 3.05) is 18.4 Å². The number of pyridine rings is 2. The lowest BCUT2D eigenvalue weighted by molar-refractivity contribution is -0.131. The smallest absolute Gasteiger partial charge is 0.225 e. The lowest BCUT2D eigenvalue weighted by Crippen LogP contribution is -2.29. The van der Waals surface area contributed by atoms with Crippen LogP contribution in [0.4, 0.5) is 5.82 Å². The fraction of sp³-hybridized carbons (Fsp3) is 0.391. The van der Waals surface area contributed by atoms with E-state index in [1.54, 1.807) is 6.20 Å². The van der Waals surface area contributed by atoms with E-state index in [1.807, 2.05) is 47.2 Å². The summed E-state index contributed by atoms with van der Waals surface area (Å²) in [6.45, 7) is 2.28. The minimum Gasteiger partial charge on any atom is -0.366 e. The SMILES string of the molecule is Cn1cc(-c2ccnc(NCc3cccnc3)c2)c([C@@H]2CCN(C(=O)C3CC3)C2)n1. The van der Waals surface area contributed by atoms with Gasteiger partial charge in [-0.15, -0.1) is 0 Å². The molecule has 0 aromatic carbocycles. The molecule has 1 atom stereocenters. The molecule has 1 aliphatic heterocycles. The Morgan fingerprint density at radius 3 is 2.93 bits per heavy atom. The van der Waals surface area contributed by atoms with Crippen LogP contribution in [0.1, 0.15) is 36.4 Å². The highest BCUT2D eigenvalue weighted by Crippen LogP contribution is 2.37. The van der Waals surface area contributed by atoms with Gasteiger partial charge in [-0.05, 0) is 48.6 Å². The largest absolute Gasteiger partial charge is 0.366 e. The number of rotatable bonds is 6. The molecule has 0 bridgehead atoms. The van der Waals surface area contributed by atoms with Crippen molar-refractivity contribution in [2.24, 2.45) is 13.0 Å². The molecule has 0 radical (unpaired) electrons. The van der Waals surface area contributed by atoms with Crippen molar-refractivity contribution in [3.63, 3.8) is 0 Å². The Hall–Kier alpha value is -3.22. The standard InChI is InChI=1S/C23H26N6O/c1-28-15-20(22(27-28)19-7-10-29(14-19)23(30)17-4-5-17)18-6-9-25-21(11-18)26-13-16-3-2-8-24-12-16/h2-3,6,8-9,11-12,15,17,19H,4-5,7,10,13-14H2,1H3,(H,25,26)/t19-/m1/s1. The van der Waals surface area contributed by atoms with Crippen LogP contribution in [0.5, 0.6) is 0 Å². The zero-order valence-electron chi connectivity index (χ0n) is 17.2. The fourth-order valence-electron chi connectivity index (χ4n) is 4.19. The van der Waals surface area contributed by atoms with E-state index in [9.17, 15) is 4.79 Å². The van der Waals surface area contributed by atoms with Crippen LogP contribution in [0.3, 0.4) is 0 Å². The molecule has 7 nitrogen and oxygen atoms in total. The molecule has 3 aromatic heterocycles. The molecule has 1 aliphatic carbocycles. The highest BCUT2D eigenvalue weighted by Gasteiger charge is 2.38. The summed E-state index contributed by atoms with van der Waals surface area (Å²) in [5, 5.41) is 8.15. The summed E-state index contributed by atoms with van der Waals surface area (Å²) in [5.74, 6) is 1.72. The van der Waals surface area contributed by atoms with Gasteiger partial charge in [-0.25, -0.2) is 4.98 Å². The second-order valence-corrected chi connectivity index (χ2v) is 8.29. The van der Waals surface area contributed by atoms with Gasteiger partial charge < -0.3 is 10.2 Å². The van der Waals surface area contributed by atoms with Crippen molar-refractivity contribution >= 4 is 11.7 Å². The number of amides is 1. The van der Waals surface area contributed by atoms with Gasteiger partial charge in [0.25, 0.3) is 0 Å². The first kappa shape index (κ1) is 18.8. The number of nitrogens with zero attached hydrogens (tertiary/aromatic N) is 5. The molecule has 1 amide bonds. The molecule has 7 heteroatoms. The normalized spacial score (nSPS) is 18.6. The third-order valence-corrected chi connectivity index (χ3v) is 5.94. The van der Waals surface area contributed by atoms with E-state index in [-0.39, 0.29) is 11.8 Å². The van der Waals surface area contributed by atoms with Gasteiger partial charge in [0.05, 0.1) is 5.69 Å². The Kier molecular flexibility index (Phi) is 4.94. The Morgan fingerprint density at radius 1 is 1.23 bits per heavy atom. The van der Waals surface area contributed by atoms with Crippen LogP contribution in [0.2, 0.25) is 0 Å². The lowest BCUT2D eigenvalue weighted by Gasteiger charge is -2.16. The average Bonchev–Trinajstić information content (AvgIpc) is 3.38. The summed E-state index contributed by atoms with van der Waals surface area (Å²) in [4.78, 5) is 23.1. The van der Waals surface area contributed by atoms with Crippen molar-refractivity contribution < 1.29 is 4.79 Å². The number of hydrogen-bond acceptors (Lipinski definition) is 5. The first-order valence-corrected chi connectivity index (χ1v) is 10.6. The van der Waals surface area contributed by atoms with Gasteiger partial charge in [0.15, 0.2) is 0 Å². The highest BCUT2D eigenvalue weighted by atomic mass is 16.2. The summed E-state index contributed by atoms with van der Waals surface area (Å²) in [7, 11) is 1.96. The number of hydrogen-bond donors (Lipinski definition) is 1. The van der Waals surface area contributed by atoms with E-state index < -0.39 is 0 Å². The lowest BCUT2D eigenvalue weighted by atomic mass is 9.97. The molecule has 2 fully saturated rings. The van der Waals surface area contributed by atoms with E-state index in [1.165, 1.54) is 0 Å². The number of carbonyl (C=O) groups excluding carboxylic acids is 1. The van der Waals surface area contributed by atoms with E-state index in [0.717, 1.165) is 60.6 Å². The maximum atomic E-state index is 12.5. The summed E-state index contributed by atoms with van der Waals surface area (Å²) in [6.07, 6.45) is 10.6. The predicted molar refractivity (Wildman–Crippen MR) is 115 cm³/mol. The molecular weight excluding hydrogens is 376 g/mol. The number of aryl methyl sites for hydroxylation is 1. The highest BCUT2D eigenvalue weighted by molar-refractivity contribution is 5.81. The third kappa shape index (κ3) is 3.92. The Morgan fingerprint density at radius 2 is 2.13 bits per heavy atom. The molecular formula is C23H26N6O. The Bertz CT molecular complexity index is 1040. The molecule has 154 valence electrons. The number of nitrogens with one attached hydrogen (secondary N) is 1. The number of carbonyl (C=O) groups is 1. The van der Waals surface area contributed by atoms with E-state index in [0.29, 0.717) is 12.5 Å². The maximum Gasteiger partial charge on any atom is 0.225 e. The molecule has 5 rings (SSSR count). The molecule has 1 saturated carbocycles. The van der Waals surface area contributed by atoms with E-state index in [4.69, 9.17) is 5.10 Å². The Labute approximate surface area is 176 Å². The van der Waals surface area contributed by atoms with Crippen molar-refractivity contribution in [3.05, 3.63) is 60.3 Å². The topological polar surface area (TPSA) is 75.9 Å². The first-order chi connectivity index (χ1) is 14.7. The van der Waals surface area contributed by atoms with E-state index >= 15 is 0 Å². The second-order valence-electron chi connectivity index (χ2n) is 8.29. The van der Waals surface area contributed by atoms with Crippen LogP contribution in [-0.4, -0.2) is 43.6 Å². The van der Waals surface area contributed by atoms with Gasteiger partial charge >= 0.3 is 0 Å². The zero-order valence-corrected chi connectivity index (χ0v) is 17.2. The minimum atomic E-state index is 0.278. The van der Waals surface area contributed by atoms with Crippen molar-refractivity contribution in [2.45, 2.75) is 31.7 Å². The van der Waals surface area contributed by atoms with Crippen LogP contribution < -0.4 is 5.32 Å². The van der Waals surface area contributed by atoms with Gasteiger partial charge in [0.1, 0.15) is 5.82 Å². The predicted octanol–water partition coefficient (Wildman–Crippen LogP) is 3.22. The number of anilines is 1. The monoisotopic (exact) mass is 402 g/mol. The molecule has 1 N–H and O–H groups in total. The molecule has 30 heavy (non-hydrogen) atoms. The molecule has 4 heterocycles. The first-order valence-electron chi connectivity index (χ1n) is 10.6. The molecule has 0 spiro atoms. The van der Waals surface area contributed by atoms with Crippen LogP contribution in [-0.2, 0) is 18.4 Å². The fourth-order valence-corrected chi connectivity index (χ4v) is 4.19. The zero-order chi connectivity index (χ0) is 20.5. The van der Waals surface area contributed by atoms with Gasteiger partial charge in [0.2, 0.25) is 5.91 Å². The van der Waals surface area contributed by atoms with Crippen molar-refractivity contribution in [3.8, 4) is 11.1 Å². The summed E-state index contributed by atoms with van der Waals surface area (Å²) >= 11 is 0. The van der Waals surface area contributed by atoms with Crippen molar-refractivity contribution in [1.82, 2.24) is 24.6 Å². The second kappa shape index (κ2) is 7.89. The minimum absolute atomic E-state index is 0.278. The van der Waals surface area contributed by atoms with Crippen molar-refractivity contribution in [1.29, 1.82) is 0 Å². The van der Waals surface area contributed by atoms with E-state index in [2.05, 4.69) is 27.5 Å². The molecule has 2 aliphatic rings. The van der Waals surface area contributed by atoms with Crippen LogP contribution >= 0.6 is 0 Å². The Balaban J connectivity index is 1.34. The summed E-state index contributed by atoms with van der Waals surface area (Å²) < 4.78 is 1.87. The number of aromatic nitrogens is 4. The molecule has 1 saturated heterocycles. The van der Waals surface area contributed by atoms with Crippen LogP contribution in [0.15, 0.2) is 49.1 Å². The third-order valence-electron chi connectivity index (χ3n) is 5.94. The van der Waals surface area contributed by atoms with Gasteiger partial charge in [-0.3, -0.25) is 14.5 Å². The van der Waals surface area contributed by atoms with Gasteiger partial charge in [0, 0.05) is 68.9 Å². The van der Waals surface area contributed by atoms with Gasteiger partial charge in [-0.2, -0.15) is 5.10 Å². The maximum absolute atomic E-state index is 12.5. The van der Waals surface area contributed by atoms with Crippen LogP contribution in [0, 0.1) is 5.92 Å². The molecule has 0 unspecified atom stereocenters. The summed E-state index contributed by atoms with van der Waals surface area (Å²) in [6, 6.07) is 8.07. The summed E-state index contributed by atoms with van der Waals surface area (Å²) in [5.41, 5.74) is 4.40. The average molecular weight is 403 g/mol.